The Kier molecular flexibility index (Phi) is 6.59. The van der Waals surface area contributed by atoms with Crippen LogP contribution < -0.4 is 24.4 Å². The molecule has 0 radical (unpaired) electrons. The molecule has 4 aromatic rings. The lowest BCUT2D eigenvalue weighted by Gasteiger charge is -2.30. The molecule has 40 heavy (non-hydrogen) atoms. The molecule has 10 nitrogen and oxygen atoms in total. The van der Waals surface area contributed by atoms with Gasteiger partial charge in [-0.25, -0.2) is 0 Å². The molecule has 4 heterocycles. The standard InChI is InChI=1S/C30H37N7O3/c1-18-6-9-23-22(16-32-35-23)25(18)26-24(38-3)15-21-27(28(26)40-20-7-8-20)33-30(39-17-19-5-4-12-36(19)2)34-29(21)37-13-10-31-11-14-37/h6,9,15-16,19-20,31H,4-5,7-8,10-14,17H2,1-3H3,(H,32,35)/t19-/m0/s1. The van der Waals surface area contributed by atoms with Crippen LogP contribution in [0.3, 0.4) is 0 Å². The van der Waals surface area contributed by atoms with Gasteiger partial charge in [-0.15, -0.1) is 0 Å². The van der Waals surface area contributed by atoms with Crippen LogP contribution in [0.25, 0.3) is 32.9 Å². The topological polar surface area (TPSA) is 101 Å². The second-order valence-corrected chi connectivity index (χ2v) is 11.2. The van der Waals surface area contributed by atoms with Crippen molar-refractivity contribution in [3.05, 3.63) is 30.0 Å². The summed E-state index contributed by atoms with van der Waals surface area (Å²) in [6.07, 6.45) is 6.41. The highest BCUT2D eigenvalue weighted by Gasteiger charge is 2.32. The molecule has 210 valence electrons. The van der Waals surface area contributed by atoms with E-state index in [1.807, 2.05) is 6.20 Å². The highest BCUT2D eigenvalue weighted by molar-refractivity contribution is 6.06. The van der Waals surface area contributed by atoms with E-state index in [2.05, 4.69) is 57.5 Å². The summed E-state index contributed by atoms with van der Waals surface area (Å²) < 4.78 is 19.2. The summed E-state index contributed by atoms with van der Waals surface area (Å²) in [7, 11) is 3.88. The smallest absolute Gasteiger partial charge is 0.319 e. The van der Waals surface area contributed by atoms with Gasteiger partial charge in [0.25, 0.3) is 0 Å². The minimum atomic E-state index is 0.159. The lowest BCUT2D eigenvalue weighted by Crippen LogP contribution is -2.44. The van der Waals surface area contributed by atoms with Crippen LogP contribution in [0.5, 0.6) is 17.5 Å². The molecule has 3 fully saturated rings. The Bertz CT molecular complexity index is 1540. The van der Waals surface area contributed by atoms with E-state index in [-0.39, 0.29) is 6.10 Å². The number of likely N-dealkylation sites (N-methyl/N-ethyl adjacent to an activating group) is 1. The van der Waals surface area contributed by atoms with E-state index in [1.54, 1.807) is 7.11 Å². The molecule has 1 aliphatic carbocycles. The molecule has 2 aliphatic heterocycles. The summed E-state index contributed by atoms with van der Waals surface area (Å²) in [4.78, 5) is 14.7. The van der Waals surface area contributed by atoms with Crippen molar-refractivity contribution in [2.75, 3.05) is 58.4 Å². The fourth-order valence-electron chi connectivity index (χ4n) is 6.04. The lowest BCUT2D eigenvalue weighted by molar-refractivity contribution is 0.188. The molecule has 0 bridgehead atoms. The van der Waals surface area contributed by atoms with Crippen LogP contribution in [0.4, 0.5) is 5.82 Å². The third kappa shape index (κ3) is 4.58. The van der Waals surface area contributed by atoms with Gasteiger partial charge < -0.3 is 29.3 Å². The number of nitrogens with one attached hydrogen (secondary N) is 2. The Morgan fingerprint density at radius 1 is 1.02 bits per heavy atom. The van der Waals surface area contributed by atoms with Crippen LogP contribution >= 0.6 is 0 Å². The zero-order valence-corrected chi connectivity index (χ0v) is 23.5. The third-order valence-corrected chi connectivity index (χ3v) is 8.47. The summed E-state index contributed by atoms with van der Waals surface area (Å²) >= 11 is 0. The van der Waals surface area contributed by atoms with E-state index in [9.17, 15) is 0 Å². The van der Waals surface area contributed by atoms with Crippen LogP contribution in [0.15, 0.2) is 24.4 Å². The number of methoxy groups -OCH3 is 1. The van der Waals surface area contributed by atoms with Gasteiger partial charge in [0.2, 0.25) is 0 Å². The second kappa shape index (κ2) is 10.4. The number of aromatic amines is 1. The summed E-state index contributed by atoms with van der Waals surface area (Å²) in [5, 5.41) is 12.9. The van der Waals surface area contributed by atoms with E-state index in [1.165, 1.54) is 6.42 Å². The number of likely N-dealkylation sites (tertiary alicyclic amines) is 1. The van der Waals surface area contributed by atoms with Crippen LogP contribution in [-0.4, -0.2) is 90.7 Å². The molecule has 10 heteroatoms. The van der Waals surface area contributed by atoms with Crippen LogP contribution in [0.2, 0.25) is 0 Å². The number of anilines is 1. The zero-order chi connectivity index (χ0) is 27.2. The van der Waals surface area contributed by atoms with Gasteiger partial charge in [-0.1, -0.05) is 6.07 Å². The average molecular weight is 544 g/mol. The maximum atomic E-state index is 6.74. The summed E-state index contributed by atoms with van der Waals surface area (Å²) in [5.41, 5.74) is 4.79. The SMILES string of the molecule is COc1cc2c(N3CCNCC3)nc(OC[C@@H]3CCCN3C)nc2c(OC2CC2)c1-c1c(C)ccc2[nH]ncc12. The maximum Gasteiger partial charge on any atom is 0.319 e. The molecule has 1 atom stereocenters. The van der Waals surface area contributed by atoms with Crippen molar-refractivity contribution >= 4 is 27.6 Å². The molecule has 2 aromatic heterocycles. The number of nitrogens with zero attached hydrogens (tertiary/aromatic N) is 5. The number of rotatable bonds is 8. The Balaban J connectivity index is 1.46. The van der Waals surface area contributed by atoms with Crippen molar-refractivity contribution in [1.82, 2.24) is 30.4 Å². The van der Waals surface area contributed by atoms with E-state index in [4.69, 9.17) is 24.2 Å². The van der Waals surface area contributed by atoms with E-state index in [0.29, 0.717) is 18.7 Å². The van der Waals surface area contributed by atoms with Crippen molar-refractivity contribution < 1.29 is 14.2 Å². The van der Waals surface area contributed by atoms with E-state index in [0.717, 1.165) is 108 Å². The third-order valence-electron chi connectivity index (χ3n) is 8.47. The minimum absolute atomic E-state index is 0.159. The van der Waals surface area contributed by atoms with Gasteiger partial charge in [0.1, 0.15) is 23.7 Å². The van der Waals surface area contributed by atoms with Gasteiger partial charge in [-0.05, 0) is 63.9 Å². The van der Waals surface area contributed by atoms with Crippen molar-refractivity contribution in [2.24, 2.45) is 0 Å². The predicted octanol–water partition coefficient (Wildman–Crippen LogP) is 3.91. The molecule has 2 aromatic carbocycles. The van der Waals surface area contributed by atoms with Gasteiger partial charge in [-0.2, -0.15) is 15.1 Å². The van der Waals surface area contributed by atoms with Gasteiger partial charge >= 0.3 is 6.01 Å². The number of fused-ring (bicyclic) bond motifs is 2. The maximum absolute atomic E-state index is 6.74. The number of piperazine rings is 1. The van der Waals surface area contributed by atoms with Crippen LogP contribution in [-0.2, 0) is 0 Å². The minimum Gasteiger partial charge on any atom is -0.496 e. The van der Waals surface area contributed by atoms with Crippen molar-refractivity contribution in [1.29, 1.82) is 0 Å². The van der Waals surface area contributed by atoms with Crippen LogP contribution in [0, 0.1) is 6.92 Å². The first kappa shape index (κ1) is 25.3. The molecular formula is C30H37N7O3. The first-order valence-electron chi connectivity index (χ1n) is 14.4. The zero-order valence-electron chi connectivity index (χ0n) is 23.5. The highest BCUT2D eigenvalue weighted by Crippen LogP contribution is 2.50. The highest BCUT2D eigenvalue weighted by atomic mass is 16.5. The second-order valence-electron chi connectivity index (χ2n) is 11.2. The quantitative estimate of drug-likeness (QED) is 0.343. The number of aryl methyl sites for hydroxylation is 1. The molecule has 0 amide bonds. The molecule has 7 rings (SSSR count). The molecule has 0 spiro atoms. The fourth-order valence-corrected chi connectivity index (χ4v) is 6.04. The Morgan fingerprint density at radius 3 is 2.62 bits per heavy atom. The summed E-state index contributed by atoms with van der Waals surface area (Å²) in [6.45, 7) is 7.29. The Labute approximate surface area is 234 Å². The molecule has 3 aliphatic rings. The van der Waals surface area contributed by atoms with Crippen molar-refractivity contribution in [3.63, 3.8) is 0 Å². The number of H-pyrrole nitrogens is 1. The number of hydrogen-bond donors (Lipinski definition) is 2. The van der Waals surface area contributed by atoms with Crippen LogP contribution in [0.1, 0.15) is 31.2 Å². The number of benzene rings is 2. The van der Waals surface area contributed by atoms with Crippen molar-refractivity contribution in [3.8, 4) is 28.6 Å². The van der Waals surface area contributed by atoms with Gasteiger partial charge in [0.15, 0.2) is 5.75 Å². The Morgan fingerprint density at radius 2 is 1.88 bits per heavy atom. The summed E-state index contributed by atoms with van der Waals surface area (Å²) in [5.74, 6) is 2.33. The lowest BCUT2D eigenvalue weighted by atomic mass is 9.94. The van der Waals surface area contributed by atoms with Gasteiger partial charge in [0.05, 0.1) is 35.9 Å². The number of hydrogen-bond acceptors (Lipinski definition) is 9. The van der Waals surface area contributed by atoms with E-state index < -0.39 is 0 Å². The monoisotopic (exact) mass is 543 g/mol. The fraction of sp³-hybridized carbons (Fsp3) is 0.500. The molecule has 0 unspecified atom stereocenters. The predicted molar refractivity (Wildman–Crippen MR) is 156 cm³/mol. The first-order chi connectivity index (χ1) is 19.6. The Hall–Kier alpha value is -3.63. The van der Waals surface area contributed by atoms with E-state index >= 15 is 0 Å². The summed E-state index contributed by atoms with van der Waals surface area (Å²) in [6, 6.07) is 7.02. The van der Waals surface area contributed by atoms with Crippen molar-refractivity contribution in [2.45, 2.75) is 44.8 Å². The molecular weight excluding hydrogens is 506 g/mol. The molecule has 2 saturated heterocycles. The number of ether oxygens (including phenoxy) is 3. The van der Waals surface area contributed by atoms with Gasteiger partial charge in [0, 0.05) is 43.2 Å². The molecule has 2 N–H and O–H groups in total. The molecule has 1 saturated carbocycles. The normalized spacial score (nSPS) is 20.0. The number of aromatic nitrogens is 4. The first-order valence-corrected chi connectivity index (χ1v) is 14.4. The van der Waals surface area contributed by atoms with Gasteiger partial charge in [-0.3, -0.25) is 5.10 Å². The average Bonchev–Trinajstić information content (AvgIpc) is 3.50. The largest absolute Gasteiger partial charge is 0.496 e.